The van der Waals surface area contributed by atoms with Gasteiger partial charge in [-0.15, -0.1) is 0 Å². The second-order valence-electron chi connectivity index (χ2n) is 7.16. The summed E-state index contributed by atoms with van der Waals surface area (Å²) in [5.74, 6) is 3.38. The van der Waals surface area contributed by atoms with E-state index in [1.54, 1.807) is 18.1 Å². The molecular weight excluding hydrogens is 394 g/mol. The first kappa shape index (κ1) is 20.5. The molecule has 4 rings (SSSR count). The van der Waals surface area contributed by atoms with Crippen LogP contribution in [0.25, 0.3) is 0 Å². The van der Waals surface area contributed by atoms with Crippen LogP contribution in [0, 0.1) is 6.92 Å². The third-order valence-corrected chi connectivity index (χ3v) is 4.98. The van der Waals surface area contributed by atoms with E-state index in [-0.39, 0.29) is 6.03 Å². The van der Waals surface area contributed by atoms with E-state index in [0.717, 1.165) is 11.6 Å². The molecule has 31 heavy (non-hydrogen) atoms. The van der Waals surface area contributed by atoms with Crippen LogP contribution in [0.3, 0.4) is 0 Å². The molecule has 0 atom stereocenters. The molecule has 160 valence electrons. The number of methoxy groups -OCH3 is 1. The Morgan fingerprint density at radius 3 is 2.42 bits per heavy atom. The van der Waals surface area contributed by atoms with Crippen molar-refractivity contribution in [3.8, 4) is 17.4 Å². The number of nitrogens with zero attached hydrogens (tertiary/aromatic N) is 4. The van der Waals surface area contributed by atoms with E-state index < -0.39 is 0 Å². The number of carbonyl (C=O) groups excluding carboxylic acids is 1. The topological polar surface area (TPSA) is 79.8 Å². The van der Waals surface area contributed by atoms with Crippen molar-refractivity contribution in [2.75, 3.05) is 43.5 Å². The number of rotatable bonds is 5. The van der Waals surface area contributed by atoms with Crippen molar-refractivity contribution in [2.45, 2.75) is 6.92 Å². The summed E-state index contributed by atoms with van der Waals surface area (Å²) in [4.78, 5) is 25.5. The first-order valence-corrected chi connectivity index (χ1v) is 10.1. The number of nitrogens with one attached hydrogen (secondary N) is 1. The molecule has 1 aromatic heterocycles. The molecule has 2 aromatic carbocycles. The minimum atomic E-state index is -0.125. The summed E-state index contributed by atoms with van der Waals surface area (Å²) < 4.78 is 11.1. The van der Waals surface area contributed by atoms with E-state index in [1.165, 1.54) is 0 Å². The maximum Gasteiger partial charge on any atom is 0.321 e. The van der Waals surface area contributed by atoms with Crippen LogP contribution in [0.15, 0.2) is 60.7 Å². The maximum atomic E-state index is 12.6. The predicted octanol–water partition coefficient (Wildman–Crippen LogP) is 3.94. The summed E-state index contributed by atoms with van der Waals surface area (Å²) in [5.41, 5.74) is 0.709. The second kappa shape index (κ2) is 9.34. The van der Waals surface area contributed by atoms with Gasteiger partial charge in [-0.05, 0) is 31.2 Å². The zero-order valence-electron chi connectivity index (χ0n) is 17.6. The summed E-state index contributed by atoms with van der Waals surface area (Å²) in [7, 11) is 1.60. The average molecular weight is 419 g/mol. The summed E-state index contributed by atoms with van der Waals surface area (Å²) in [6.07, 6.45) is 0. The van der Waals surface area contributed by atoms with Crippen molar-refractivity contribution in [1.29, 1.82) is 0 Å². The fourth-order valence-electron chi connectivity index (χ4n) is 3.39. The lowest BCUT2D eigenvalue weighted by Gasteiger charge is -2.35. The minimum absolute atomic E-state index is 0.125. The van der Waals surface area contributed by atoms with E-state index in [1.807, 2.05) is 61.5 Å². The van der Waals surface area contributed by atoms with Gasteiger partial charge in [0, 0.05) is 44.0 Å². The molecule has 0 unspecified atom stereocenters. The third kappa shape index (κ3) is 5.22. The number of anilines is 2. The van der Waals surface area contributed by atoms with Crippen LogP contribution in [0.1, 0.15) is 5.82 Å². The van der Waals surface area contributed by atoms with E-state index in [0.29, 0.717) is 49.3 Å². The van der Waals surface area contributed by atoms with Crippen molar-refractivity contribution < 1.29 is 14.3 Å². The number of carbonyl (C=O) groups is 1. The smallest absolute Gasteiger partial charge is 0.321 e. The number of para-hydroxylation sites is 1. The summed E-state index contributed by atoms with van der Waals surface area (Å²) in [6, 6.07) is 18.6. The second-order valence-corrected chi connectivity index (χ2v) is 7.16. The molecule has 0 radical (unpaired) electrons. The van der Waals surface area contributed by atoms with Gasteiger partial charge in [0.1, 0.15) is 23.1 Å². The molecular formula is C23H25N5O3. The van der Waals surface area contributed by atoms with Gasteiger partial charge in [0.05, 0.1) is 7.11 Å². The minimum Gasteiger partial charge on any atom is -0.497 e. The Morgan fingerprint density at radius 1 is 0.935 bits per heavy atom. The normalized spacial score (nSPS) is 13.6. The monoisotopic (exact) mass is 419 g/mol. The zero-order chi connectivity index (χ0) is 21.6. The Bertz CT molecular complexity index is 1040. The number of hydrogen-bond donors (Lipinski definition) is 1. The van der Waals surface area contributed by atoms with E-state index in [9.17, 15) is 4.79 Å². The highest BCUT2D eigenvalue weighted by atomic mass is 16.5. The van der Waals surface area contributed by atoms with Gasteiger partial charge in [0.15, 0.2) is 0 Å². The fourth-order valence-corrected chi connectivity index (χ4v) is 3.39. The SMILES string of the molecule is COc1cccc(NC(=O)N2CCN(c3cc(Oc4ccccc4)nc(C)n3)CC2)c1. The molecule has 1 N–H and O–H groups in total. The Balaban J connectivity index is 1.37. The molecule has 8 nitrogen and oxygen atoms in total. The highest BCUT2D eigenvalue weighted by Crippen LogP contribution is 2.24. The predicted molar refractivity (Wildman–Crippen MR) is 119 cm³/mol. The molecule has 1 aliphatic heterocycles. The van der Waals surface area contributed by atoms with Crippen LogP contribution in [-0.4, -0.2) is 54.2 Å². The summed E-state index contributed by atoms with van der Waals surface area (Å²) >= 11 is 0. The molecule has 1 saturated heterocycles. The fraction of sp³-hybridized carbons (Fsp3) is 0.261. The number of aromatic nitrogens is 2. The van der Waals surface area contributed by atoms with Gasteiger partial charge in [-0.3, -0.25) is 0 Å². The molecule has 0 spiro atoms. The van der Waals surface area contributed by atoms with Gasteiger partial charge in [0.25, 0.3) is 0 Å². The molecule has 0 aliphatic carbocycles. The number of aryl methyl sites for hydroxylation is 1. The Hall–Kier alpha value is -3.81. The lowest BCUT2D eigenvalue weighted by Crippen LogP contribution is -2.50. The number of amides is 2. The van der Waals surface area contributed by atoms with Crippen molar-refractivity contribution in [1.82, 2.24) is 14.9 Å². The van der Waals surface area contributed by atoms with E-state index in [4.69, 9.17) is 9.47 Å². The molecule has 2 heterocycles. The van der Waals surface area contributed by atoms with Crippen molar-refractivity contribution in [3.05, 3.63) is 66.5 Å². The largest absolute Gasteiger partial charge is 0.497 e. The van der Waals surface area contributed by atoms with Gasteiger partial charge in [0.2, 0.25) is 5.88 Å². The molecule has 2 amide bonds. The van der Waals surface area contributed by atoms with Crippen molar-refractivity contribution in [3.63, 3.8) is 0 Å². The number of benzene rings is 2. The first-order valence-electron chi connectivity index (χ1n) is 10.1. The lowest BCUT2D eigenvalue weighted by atomic mass is 10.3. The highest BCUT2D eigenvalue weighted by Gasteiger charge is 2.23. The average Bonchev–Trinajstić information content (AvgIpc) is 2.79. The molecule has 1 fully saturated rings. The van der Waals surface area contributed by atoms with Gasteiger partial charge < -0.3 is 24.6 Å². The van der Waals surface area contributed by atoms with Crippen LogP contribution in [0.5, 0.6) is 17.4 Å². The molecule has 0 bridgehead atoms. The van der Waals surface area contributed by atoms with Crippen LogP contribution in [0.2, 0.25) is 0 Å². The highest BCUT2D eigenvalue weighted by molar-refractivity contribution is 5.89. The molecule has 8 heteroatoms. The zero-order valence-corrected chi connectivity index (χ0v) is 17.6. The first-order chi connectivity index (χ1) is 15.1. The maximum absolute atomic E-state index is 12.6. The van der Waals surface area contributed by atoms with Crippen LogP contribution in [-0.2, 0) is 0 Å². The Kier molecular flexibility index (Phi) is 6.16. The number of urea groups is 1. The van der Waals surface area contributed by atoms with E-state index in [2.05, 4.69) is 20.2 Å². The molecule has 1 aliphatic rings. The van der Waals surface area contributed by atoms with Gasteiger partial charge in [-0.1, -0.05) is 24.3 Å². The number of hydrogen-bond acceptors (Lipinski definition) is 6. The lowest BCUT2D eigenvalue weighted by molar-refractivity contribution is 0.208. The van der Waals surface area contributed by atoms with Crippen LogP contribution >= 0.6 is 0 Å². The third-order valence-electron chi connectivity index (χ3n) is 4.98. The van der Waals surface area contributed by atoms with Gasteiger partial charge in [-0.2, -0.15) is 4.98 Å². The molecule has 3 aromatic rings. The van der Waals surface area contributed by atoms with Gasteiger partial charge >= 0.3 is 6.03 Å². The Morgan fingerprint density at radius 2 is 1.68 bits per heavy atom. The Labute approximate surface area is 181 Å². The van der Waals surface area contributed by atoms with Crippen molar-refractivity contribution >= 4 is 17.5 Å². The van der Waals surface area contributed by atoms with E-state index >= 15 is 0 Å². The molecule has 0 saturated carbocycles. The summed E-state index contributed by atoms with van der Waals surface area (Å²) in [6.45, 7) is 4.38. The van der Waals surface area contributed by atoms with Crippen LogP contribution < -0.4 is 19.7 Å². The standard InChI is InChI=1S/C23H25N5O3/c1-17-24-21(16-22(25-17)31-19-8-4-3-5-9-19)27-11-13-28(14-12-27)23(29)26-18-7-6-10-20(15-18)30-2/h3-10,15-16H,11-14H2,1-2H3,(H,26,29). The number of piperazine rings is 1. The van der Waals surface area contributed by atoms with Gasteiger partial charge in [-0.25, -0.2) is 9.78 Å². The summed E-state index contributed by atoms with van der Waals surface area (Å²) in [5, 5.41) is 2.93. The van der Waals surface area contributed by atoms with Crippen LogP contribution in [0.4, 0.5) is 16.3 Å². The van der Waals surface area contributed by atoms with Crippen molar-refractivity contribution in [2.24, 2.45) is 0 Å². The number of ether oxygens (including phenoxy) is 2. The quantitative estimate of drug-likeness (QED) is 0.675.